The largest absolute Gasteiger partial charge is 0.487 e. The fourth-order valence-corrected chi connectivity index (χ4v) is 8.22. The number of nitrogens with one attached hydrogen (secondary N) is 1. The first-order chi connectivity index (χ1) is 20.0. The number of hydrogen-bond acceptors (Lipinski definition) is 6. The van der Waals surface area contributed by atoms with Crippen molar-refractivity contribution in [1.82, 2.24) is 4.72 Å². The zero-order valence-corrected chi connectivity index (χ0v) is 25.9. The van der Waals surface area contributed by atoms with E-state index >= 15 is 0 Å². The second kappa shape index (κ2) is 12.8. The zero-order chi connectivity index (χ0) is 30.0. The van der Waals surface area contributed by atoms with Crippen LogP contribution in [0.25, 0.3) is 0 Å². The minimum Gasteiger partial charge on any atom is -0.487 e. The van der Waals surface area contributed by atoms with Crippen molar-refractivity contribution in [3.63, 3.8) is 0 Å². The highest BCUT2D eigenvalue weighted by Crippen LogP contribution is 2.44. The molecule has 2 bridgehead atoms. The lowest BCUT2D eigenvalue weighted by molar-refractivity contribution is -0.146. The lowest BCUT2D eigenvalue weighted by Crippen LogP contribution is -2.44. The molecule has 1 amide bonds. The molecule has 2 heterocycles. The van der Waals surface area contributed by atoms with E-state index in [0.717, 1.165) is 48.9 Å². The van der Waals surface area contributed by atoms with Crippen LogP contribution in [0.1, 0.15) is 80.3 Å². The number of amides is 1. The molecular weight excluding hydrogens is 576 g/mol. The molecule has 2 aromatic rings. The Morgan fingerprint density at radius 3 is 2.57 bits per heavy atom. The molecule has 0 radical (unpaired) electrons. The molecule has 228 valence electrons. The summed E-state index contributed by atoms with van der Waals surface area (Å²) in [6, 6.07) is 10.9. The molecule has 5 rings (SSSR count). The third kappa shape index (κ3) is 6.72. The van der Waals surface area contributed by atoms with Crippen molar-refractivity contribution in [1.29, 1.82) is 0 Å². The summed E-state index contributed by atoms with van der Waals surface area (Å²) in [4.78, 5) is 27.9. The van der Waals surface area contributed by atoms with Gasteiger partial charge in [-0.3, -0.25) is 9.59 Å². The summed E-state index contributed by atoms with van der Waals surface area (Å²) in [7, 11) is -3.95. The summed E-state index contributed by atoms with van der Waals surface area (Å²) in [5, 5.41) is 10.1. The highest BCUT2D eigenvalue weighted by Gasteiger charge is 2.41. The van der Waals surface area contributed by atoms with Crippen molar-refractivity contribution in [2.24, 2.45) is 23.7 Å². The van der Waals surface area contributed by atoms with Crippen LogP contribution in [-0.2, 0) is 27.8 Å². The van der Waals surface area contributed by atoms with Crippen molar-refractivity contribution in [2.75, 3.05) is 18.0 Å². The fourth-order valence-electron chi connectivity index (χ4n) is 6.72. The van der Waals surface area contributed by atoms with Crippen molar-refractivity contribution in [2.45, 2.75) is 77.1 Å². The lowest BCUT2D eigenvalue weighted by Gasteiger charge is -2.44. The Morgan fingerprint density at radius 1 is 1.02 bits per heavy atom. The van der Waals surface area contributed by atoms with Crippen LogP contribution in [0.5, 0.6) is 5.75 Å². The summed E-state index contributed by atoms with van der Waals surface area (Å²) in [5.41, 5.74) is 3.17. The fraction of sp³-hybridized carbons (Fsp3) is 0.562. The van der Waals surface area contributed by atoms with Gasteiger partial charge >= 0.3 is 5.97 Å². The molecular formula is C32H41ClN2O6S. The van der Waals surface area contributed by atoms with Gasteiger partial charge in [-0.05, 0) is 111 Å². The van der Waals surface area contributed by atoms with Gasteiger partial charge in [0.1, 0.15) is 12.4 Å². The molecule has 2 N–H and O–H groups in total. The quantitative estimate of drug-likeness (QED) is 0.401. The van der Waals surface area contributed by atoms with E-state index in [2.05, 4.69) is 9.62 Å². The minimum atomic E-state index is -3.95. The van der Waals surface area contributed by atoms with E-state index in [0.29, 0.717) is 49.7 Å². The maximum Gasteiger partial charge on any atom is 0.306 e. The Balaban J connectivity index is 1.54. The molecule has 2 aromatic carbocycles. The number of halogens is 1. The number of carboxylic acid groups (broad SMARTS) is 1. The van der Waals surface area contributed by atoms with Crippen molar-refractivity contribution < 1.29 is 27.9 Å². The van der Waals surface area contributed by atoms with E-state index in [1.54, 1.807) is 25.1 Å². The van der Waals surface area contributed by atoms with Crippen LogP contribution in [0.3, 0.4) is 0 Å². The molecule has 3 aliphatic rings. The van der Waals surface area contributed by atoms with Gasteiger partial charge in [0.2, 0.25) is 10.0 Å². The zero-order valence-electron chi connectivity index (χ0n) is 24.4. The number of carboxylic acids is 1. The number of ether oxygens (including phenoxy) is 1. The smallest absolute Gasteiger partial charge is 0.306 e. The molecule has 2 aliphatic heterocycles. The number of anilines is 1. The lowest BCUT2D eigenvalue weighted by atomic mass is 9.65. The third-order valence-corrected chi connectivity index (χ3v) is 11.9. The summed E-state index contributed by atoms with van der Waals surface area (Å²) >= 11 is 6.30. The van der Waals surface area contributed by atoms with Gasteiger partial charge in [-0.2, -0.15) is 0 Å². The molecule has 0 aromatic heterocycles. The number of carbonyl (C=O) groups is 2. The van der Waals surface area contributed by atoms with Crippen LogP contribution in [-0.4, -0.2) is 43.7 Å². The van der Waals surface area contributed by atoms with Crippen molar-refractivity contribution >= 4 is 39.2 Å². The van der Waals surface area contributed by atoms with E-state index in [1.165, 1.54) is 0 Å². The van der Waals surface area contributed by atoms with Crippen LogP contribution in [0.15, 0.2) is 36.4 Å². The maximum atomic E-state index is 13.3. The molecule has 42 heavy (non-hydrogen) atoms. The van der Waals surface area contributed by atoms with E-state index < -0.39 is 33.1 Å². The molecule has 10 heteroatoms. The highest BCUT2D eigenvalue weighted by atomic mass is 35.5. The summed E-state index contributed by atoms with van der Waals surface area (Å²) < 4.78 is 35.0. The molecule has 3 unspecified atom stereocenters. The van der Waals surface area contributed by atoms with Crippen molar-refractivity contribution in [3.05, 3.63) is 58.1 Å². The minimum absolute atomic E-state index is 0.0623. The first-order valence-electron chi connectivity index (χ1n) is 15.1. The predicted octanol–water partition coefficient (Wildman–Crippen LogP) is 6.06. The number of nitrogens with zero attached hydrogens (tertiary/aromatic N) is 1. The molecule has 1 saturated carbocycles. The monoisotopic (exact) mass is 616 g/mol. The maximum absolute atomic E-state index is 13.3. The number of rotatable bonds is 1. The second-order valence-corrected chi connectivity index (χ2v) is 14.8. The Hall–Kier alpha value is -2.78. The van der Waals surface area contributed by atoms with Gasteiger partial charge < -0.3 is 14.7 Å². The van der Waals surface area contributed by atoms with Crippen LogP contribution in [0.2, 0.25) is 5.02 Å². The summed E-state index contributed by atoms with van der Waals surface area (Å²) in [5.74, 6) is -1.25. The van der Waals surface area contributed by atoms with E-state index in [1.807, 2.05) is 25.1 Å². The molecule has 0 spiro atoms. The summed E-state index contributed by atoms with van der Waals surface area (Å²) in [6.45, 7) is 5.14. The highest BCUT2D eigenvalue weighted by molar-refractivity contribution is 7.90. The Morgan fingerprint density at radius 2 is 1.83 bits per heavy atom. The van der Waals surface area contributed by atoms with Crippen LogP contribution >= 0.6 is 11.6 Å². The number of fused-ring (bicyclic) bond motifs is 3. The Kier molecular flexibility index (Phi) is 9.38. The number of benzene rings is 2. The van der Waals surface area contributed by atoms with E-state index in [4.69, 9.17) is 16.3 Å². The van der Waals surface area contributed by atoms with Crippen LogP contribution < -0.4 is 14.4 Å². The first-order valence-corrected chi connectivity index (χ1v) is 17.0. The Labute approximate surface area is 253 Å². The van der Waals surface area contributed by atoms with Gasteiger partial charge in [-0.25, -0.2) is 13.1 Å². The van der Waals surface area contributed by atoms with Gasteiger partial charge in [0.25, 0.3) is 5.91 Å². The van der Waals surface area contributed by atoms with E-state index in [-0.39, 0.29) is 23.3 Å². The van der Waals surface area contributed by atoms with Gasteiger partial charge in [0, 0.05) is 23.7 Å². The molecule has 1 fully saturated rings. The number of aryl methyl sites for hydroxylation is 1. The SMILES string of the molecule is C[C@@H]1[C@@H](C)CCCC(C(=O)O)C2CCC2CN2CCCCc3cc(Cl)ccc3COc3ccc(cc32)C(=O)NS1(=O)=O. The second-order valence-electron chi connectivity index (χ2n) is 12.3. The van der Waals surface area contributed by atoms with Gasteiger partial charge in [0.15, 0.2) is 0 Å². The topological polar surface area (TPSA) is 113 Å². The average molecular weight is 617 g/mol. The Bertz CT molecular complexity index is 1430. The van der Waals surface area contributed by atoms with Crippen molar-refractivity contribution in [3.8, 4) is 5.75 Å². The number of carbonyl (C=O) groups excluding carboxylic acids is 1. The normalized spacial score (nSPS) is 28.5. The number of sulfonamides is 1. The molecule has 0 saturated heterocycles. The van der Waals surface area contributed by atoms with Gasteiger partial charge in [0.05, 0.1) is 16.9 Å². The number of aliphatic carboxylic acids is 1. The first kappa shape index (κ1) is 30.7. The van der Waals surface area contributed by atoms with Gasteiger partial charge in [-0.15, -0.1) is 0 Å². The number of hydrogen-bond donors (Lipinski definition) is 2. The standard InChI is InChI=1S/C32H41ClN2O6S/c1-20-6-5-8-28(32(37)38)27-13-10-24(27)18-35-15-4-3-7-22-16-26(33)12-9-25(22)19-41-30-14-11-23(17-29(30)35)31(36)34-42(39,40)21(20)2/h9,11-12,14,16-17,20-21,24,27-28H,3-8,10,13,15,18-19H2,1-2H3,(H,34,36)(H,37,38)/t20-,21+,24?,27?,28?/m0/s1. The van der Waals surface area contributed by atoms with Gasteiger partial charge in [-0.1, -0.05) is 31.0 Å². The van der Waals surface area contributed by atoms with E-state index in [9.17, 15) is 23.1 Å². The summed E-state index contributed by atoms with van der Waals surface area (Å²) in [6.07, 6.45) is 6.22. The molecule has 1 aliphatic carbocycles. The molecule has 5 atom stereocenters. The third-order valence-electron chi connectivity index (χ3n) is 9.70. The average Bonchev–Trinajstić information content (AvgIpc) is 2.96. The molecule has 8 nitrogen and oxygen atoms in total. The van der Waals surface area contributed by atoms with Crippen LogP contribution in [0.4, 0.5) is 5.69 Å². The predicted molar refractivity (Wildman–Crippen MR) is 164 cm³/mol. The van der Waals surface area contributed by atoms with Crippen LogP contribution in [0, 0.1) is 23.7 Å².